The van der Waals surface area contributed by atoms with Gasteiger partial charge in [0.1, 0.15) is 0 Å². The first-order valence-corrected chi connectivity index (χ1v) is 6.18. The Morgan fingerprint density at radius 1 is 1.59 bits per heavy atom. The van der Waals surface area contributed by atoms with E-state index in [0.717, 1.165) is 31.5 Å². The summed E-state index contributed by atoms with van der Waals surface area (Å²) in [5.41, 5.74) is 1.41. The first kappa shape index (κ1) is 12.4. The van der Waals surface area contributed by atoms with Crippen molar-refractivity contribution in [3.8, 4) is 0 Å². The average molecular weight is 254 g/mol. The van der Waals surface area contributed by atoms with E-state index in [1.54, 1.807) is 6.07 Å². The second-order valence-electron chi connectivity index (χ2n) is 4.53. The Balaban J connectivity index is 2.24. The fourth-order valence-corrected chi connectivity index (χ4v) is 2.53. The highest BCUT2D eigenvalue weighted by atomic mass is 35.5. The Morgan fingerprint density at radius 2 is 2.35 bits per heavy atom. The van der Waals surface area contributed by atoms with Crippen molar-refractivity contribution in [1.29, 1.82) is 0 Å². The summed E-state index contributed by atoms with van der Waals surface area (Å²) in [6.07, 6.45) is 1.44. The van der Waals surface area contributed by atoms with Crippen molar-refractivity contribution in [2.24, 2.45) is 5.92 Å². The van der Waals surface area contributed by atoms with E-state index in [-0.39, 0.29) is 12.0 Å². The lowest BCUT2D eigenvalue weighted by atomic mass is 10.0. The van der Waals surface area contributed by atoms with Crippen molar-refractivity contribution in [1.82, 2.24) is 0 Å². The summed E-state index contributed by atoms with van der Waals surface area (Å²) in [4.78, 5) is 13.2. The van der Waals surface area contributed by atoms with Crippen molar-refractivity contribution >= 4 is 23.6 Å². The number of aliphatic hydroxyl groups excluding tert-OH is 1. The van der Waals surface area contributed by atoms with Crippen molar-refractivity contribution in [3.05, 3.63) is 28.8 Å². The van der Waals surface area contributed by atoms with Gasteiger partial charge in [-0.25, -0.2) is 0 Å². The molecule has 0 amide bonds. The van der Waals surface area contributed by atoms with Gasteiger partial charge >= 0.3 is 0 Å². The Labute approximate surface area is 106 Å². The molecule has 17 heavy (non-hydrogen) atoms. The zero-order valence-electron chi connectivity index (χ0n) is 9.77. The molecule has 2 unspecified atom stereocenters. The van der Waals surface area contributed by atoms with Gasteiger partial charge in [0.05, 0.1) is 16.7 Å². The van der Waals surface area contributed by atoms with E-state index >= 15 is 0 Å². The lowest BCUT2D eigenvalue weighted by Crippen LogP contribution is -2.24. The van der Waals surface area contributed by atoms with Gasteiger partial charge in [0, 0.05) is 24.7 Å². The molecule has 92 valence electrons. The molecule has 1 aromatic carbocycles. The maximum atomic E-state index is 11.1. The van der Waals surface area contributed by atoms with Gasteiger partial charge in [0.25, 0.3) is 0 Å². The van der Waals surface area contributed by atoms with Crippen molar-refractivity contribution in [2.75, 3.05) is 18.0 Å². The summed E-state index contributed by atoms with van der Waals surface area (Å²) < 4.78 is 0. The molecule has 1 aliphatic rings. The van der Waals surface area contributed by atoms with Crippen LogP contribution in [-0.4, -0.2) is 30.6 Å². The lowest BCUT2D eigenvalue weighted by molar-refractivity contribution is 0.112. The highest BCUT2D eigenvalue weighted by molar-refractivity contribution is 6.33. The number of rotatable bonds is 3. The standard InChI is InChI=1S/C13H16ClNO2/c1-9(17)10-5-6-15(7-10)13-4-2-3-12(14)11(13)8-16/h2-4,8-10,17H,5-7H2,1H3. The average Bonchev–Trinajstić information content (AvgIpc) is 2.77. The van der Waals surface area contributed by atoms with Gasteiger partial charge in [-0.15, -0.1) is 0 Å². The monoisotopic (exact) mass is 253 g/mol. The van der Waals surface area contributed by atoms with Gasteiger partial charge < -0.3 is 10.0 Å². The van der Waals surface area contributed by atoms with Gasteiger partial charge in [-0.2, -0.15) is 0 Å². The number of aliphatic hydroxyl groups is 1. The minimum Gasteiger partial charge on any atom is -0.393 e. The van der Waals surface area contributed by atoms with Crippen LogP contribution in [0.15, 0.2) is 18.2 Å². The predicted molar refractivity (Wildman–Crippen MR) is 68.8 cm³/mol. The summed E-state index contributed by atoms with van der Waals surface area (Å²) in [5, 5.41) is 10.1. The molecule has 4 heteroatoms. The summed E-state index contributed by atoms with van der Waals surface area (Å²) in [6, 6.07) is 5.47. The normalized spacial score (nSPS) is 21.6. The molecule has 0 aromatic heterocycles. The molecule has 1 saturated heterocycles. The van der Waals surface area contributed by atoms with Crippen molar-refractivity contribution in [2.45, 2.75) is 19.4 Å². The summed E-state index contributed by atoms with van der Waals surface area (Å²) >= 11 is 6.00. The number of hydrogen-bond donors (Lipinski definition) is 1. The molecular weight excluding hydrogens is 238 g/mol. The third-order valence-corrected chi connectivity index (χ3v) is 3.72. The van der Waals surface area contributed by atoms with Crippen LogP contribution in [0.2, 0.25) is 5.02 Å². The molecule has 1 aromatic rings. The van der Waals surface area contributed by atoms with Crippen LogP contribution < -0.4 is 4.90 Å². The van der Waals surface area contributed by atoms with Gasteiger partial charge in [-0.05, 0) is 25.5 Å². The molecule has 0 radical (unpaired) electrons. The summed E-state index contributed by atoms with van der Waals surface area (Å²) in [7, 11) is 0. The molecule has 1 heterocycles. The van der Waals surface area contributed by atoms with Crippen LogP contribution in [0.4, 0.5) is 5.69 Å². The highest BCUT2D eigenvalue weighted by Gasteiger charge is 2.27. The SMILES string of the molecule is CC(O)C1CCN(c2cccc(Cl)c2C=O)C1. The molecule has 1 fully saturated rings. The van der Waals surface area contributed by atoms with E-state index in [0.29, 0.717) is 10.6 Å². The molecule has 0 aliphatic carbocycles. The van der Waals surface area contributed by atoms with Crippen LogP contribution in [0, 0.1) is 5.92 Å². The third kappa shape index (κ3) is 2.45. The van der Waals surface area contributed by atoms with Crippen LogP contribution in [0.1, 0.15) is 23.7 Å². The molecule has 3 nitrogen and oxygen atoms in total. The zero-order chi connectivity index (χ0) is 12.4. The molecule has 0 saturated carbocycles. The van der Waals surface area contributed by atoms with Crippen LogP contribution in [0.3, 0.4) is 0 Å². The number of aldehydes is 1. The third-order valence-electron chi connectivity index (χ3n) is 3.40. The van der Waals surface area contributed by atoms with E-state index in [2.05, 4.69) is 4.90 Å². The largest absolute Gasteiger partial charge is 0.393 e. The van der Waals surface area contributed by atoms with Crippen LogP contribution in [0.25, 0.3) is 0 Å². The number of nitrogens with zero attached hydrogens (tertiary/aromatic N) is 1. The molecule has 0 spiro atoms. The Kier molecular flexibility index (Phi) is 3.69. The molecule has 0 bridgehead atoms. The maximum absolute atomic E-state index is 11.1. The van der Waals surface area contributed by atoms with E-state index in [1.165, 1.54) is 0 Å². The molecule has 1 aliphatic heterocycles. The topological polar surface area (TPSA) is 40.5 Å². The Bertz CT molecular complexity index is 420. The van der Waals surface area contributed by atoms with Crippen molar-refractivity contribution < 1.29 is 9.90 Å². The minimum atomic E-state index is -0.307. The Morgan fingerprint density at radius 3 is 2.94 bits per heavy atom. The van der Waals surface area contributed by atoms with E-state index in [1.807, 2.05) is 19.1 Å². The first-order valence-electron chi connectivity index (χ1n) is 5.80. The van der Waals surface area contributed by atoms with Crippen LogP contribution in [0.5, 0.6) is 0 Å². The Hall–Kier alpha value is -1.06. The van der Waals surface area contributed by atoms with Crippen LogP contribution in [-0.2, 0) is 0 Å². The smallest absolute Gasteiger partial charge is 0.153 e. The van der Waals surface area contributed by atoms with E-state index in [9.17, 15) is 9.90 Å². The fourth-order valence-electron chi connectivity index (χ4n) is 2.32. The van der Waals surface area contributed by atoms with E-state index in [4.69, 9.17) is 11.6 Å². The van der Waals surface area contributed by atoms with Crippen LogP contribution >= 0.6 is 11.6 Å². The highest BCUT2D eigenvalue weighted by Crippen LogP contribution is 2.31. The summed E-state index contributed by atoms with van der Waals surface area (Å²) in [5.74, 6) is 0.272. The maximum Gasteiger partial charge on any atom is 0.153 e. The lowest BCUT2D eigenvalue weighted by Gasteiger charge is -2.21. The number of carbonyl (C=O) groups is 1. The number of benzene rings is 1. The predicted octanol–water partition coefficient (Wildman–Crippen LogP) is 2.36. The number of carbonyl (C=O) groups excluding carboxylic acids is 1. The minimum absolute atomic E-state index is 0.272. The molecular formula is C13H16ClNO2. The van der Waals surface area contributed by atoms with Gasteiger partial charge in [-0.1, -0.05) is 17.7 Å². The number of halogens is 1. The van der Waals surface area contributed by atoms with Gasteiger partial charge in [-0.3, -0.25) is 4.79 Å². The summed E-state index contributed by atoms with van der Waals surface area (Å²) in [6.45, 7) is 3.45. The second kappa shape index (κ2) is 5.07. The number of anilines is 1. The molecule has 1 N–H and O–H groups in total. The number of hydrogen-bond acceptors (Lipinski definition) is 3. The first-order chi connectivity index (χ1) is 8.13. The molecule has 2 atom stereocenters. The van der Waals surface area contributed by atoms with Gasteiger partial charge in [0.2, 0.25) is 0 Å². The van der Waals surface area contributed by atoms with E-state index < -0.39 is 0 Å². The quantitative estimate of drug-likeness (QED) is 0.841. The molecule has 2 rings (SSSR count). The fraction of sp³-hybridized carbons (Fsp3) is 0.462. The van der Waals surface area contributed by atoms with Crippen molar-refractivity contribution in [3.63, 3.8) is 0 Å². The zero-order valence-corrected chi connectivity index (χ0v) is 10.5. The second-order valence-corrected chi connectivity index (χ2v) is 4.93. The van der Waals surface area contributed by atoms with Gasteiger partial charge in [0.15, 0.2) is 6.29 Å².